The molecule has 0 spiro atoms. The van der Waals surface area contributed by atoms with Gasteiger partial charge in [0.1, 0.15) is 0 Å². The number of carbonyl (C=O) groups excluding carboxylic acids is 1. The van der Waals surface area contributed by atoms with Crippen LogP contribution in [-0.4, -0.2) is 46.1 Å². The van der Waals surface area contributed by atoms with Gasteiger partial charge < -0.3 is 20.6 Å². The van der Waals surface area contributed by atoms with Crippen LogP contribution in [0.2, 0.25) is 0 Å². The number of amides is 1. The number of rotatable bonds is 44. The van der Waals surface area contributed by atoms with E-state index in [0.29, 0.717) is 6.42 Å². The summed E-state index contributed by atoms with van der Waals surface area (Å²) < 4.78 is 0. The van der Waals surface area contributed by atoms with Crippen LogP contribution in [0, 0.1) is 0 Å². The quantitative estimate of drug-likeness (QED) is 0.0369. The van der Waals surface area contributed by atoms with Gasteiger partial charge in [-0.3, -0.25) is 4.79 Å². The van der Waals surface area contributed by atoms with Crippen molar-refractivity contribution in [1.29, 1.82) is 0 Å². The molecular formula is C48H95NO4. The summed E-state index contributed by atoms with van der Waals surface area (Å²) in [5.74, 6) is -0.311. The SMILES string of the molecule is CCCCCCCCCCCCCCC/C=C/C(O)C(CO)NC(=O)CC(O)CCCCCCCCCCCCCCCCCCCCCCCCC. The van der Waals surface area contributed by atoms with Gasteiger partial charge in [-0.15, -0.1) is 0 Å². The fourth-order valence-corrected chi connectivity index (χ4v) is 7.64. The number of carbonyl (C=O) groups is 1. The van der Waals surface area contributed by atoms with E-state index < -0.39 is 18.2 Å². The number of unbranched alkanes of at least 4 members (excludes halogenated alkanes) is 35. The molecule has 0 radical (unpaired) electrons. The molecule has 3 atom stereocenters. The molecule has 5 heteroatoms. The topological polar surface area (TPSA) is 89.8 Å². The standard InChI is InChI=1S/C48H95NO4/c1-3-5-7-9-11-13-15-17-19-20-21-22-23-24-25-26-28-29-31-33-35-37-39-41-45(51)43-48(53)49-46(44-50)47(52)42-40-38-36-34-32-30-27-18-16-14-12-10-8-6-4-2/h40,42,45-47,50-52H,3-39,41,43-44H2,1-2H3,(H,49,53)/b42-40+. The van der Waals surface area contributed by atoms with Crippen LogP contribution >= 0.6 is 0 Å². The second-order valence-corrected chi connectivity index (χ2v) is 16.7. The Kier molecular flexibility index (Phi) is 43.1. The summed E-state index contributed by atoms with van der Waals surface area (Å²) in [6.45, 7) is 4.23. The van der Waals surface area contributed by atoms with Crippen molar-refractivity contribution >= 4 is 5.91 Å². The van der Waals surface area contributed by atoms with Crippen molar-refractivity contribution in [3.8, 4) is 0 Å². The molecule has 4 N–H and O–H groups in total. The lowest BCUT2D eigenvalue weighted by atomic mass is 10.0. The van der Waals surface area contributed by atoms with Crippen LogP contribution in [0.4, 0.5) is 0 Å². The second-order valence-electron chi connectivity index (χ2n) is 16.7. The van der Waals surface area contributed by atoms with E-state index in [0.717, 1.165) is 25.7 Å². The average molecular weight is 750 g/mol. The predicted molar refractivity (Wildman–Crippen MR) is 232 cm³/mol. The molecule has 0 aromatic heterocycles. The Morgan fingerprint density at radius 2 is 0.774 bits per heavy atom. The smallest absolute Gasteiger partial charge is 0.222 e. The minimum atomic E-state index is -0.924. The van der Waals surface area contributed by atoms with Gasteiger partial charge in [-0.25, -0.2) is 0 Å². The van der Waals surface area contributed by atoms with E-state index in [9.17, 15) is 20.1 Å². The van der Waals surface area contributed by atoms with E-state index in [1.807, 2.05) is 6.08 Å². The summed E-state index contributed by atoms with van der Waals surface area (Å²) in [4.78, 5) is 12.5. The highest BCUT2D eigenvalue weighted by Crippen LogP contribution is 2.17. The van der Waals surface area contributed by atoms with Gasteiger partial charge in [0.15, 0.2) is 0 Å². The Balaban J connectivity index is 3.57. The number of hydrogen-bond acceptors (Lipinski definition) is 4. The number of nitrogens with one attached hydrogen (secondary N) is 1. The Labute approximate surface area is 331 Å². The summed E-state index contributed by atoms with van der Waals surface area (Å²) in [6, 6.07) is -0.739. The number of allylic oxidation sites excluding steroid dienone is 1. The first kappa shape index (κ1) is 52.1. The Morgan fingerprint density at radius 1 is 0.472 bits per heavy atom. The summed E-state index contributed by atoms with van der Waals surface area (Å²) in [6.07, 6.45) is 52.2. The minimum absolute atomic E-state index is 0.0190. The van der Waals surface area contributed by atoms with Crippen LogP contribution in [0.15, 0.2) is 12.2 Å². The molecule has 0 aliphatic heterocycles. The largest absolute Gasteiger partial charge is 0.394 e. The fourth-order valence-electron chi connectivity index (χ4n) is 7.64. The maximum absolute atomic E-state index is 12.5. The van der Waals surface area contributed by atoms with Crippen LogP contribution in [0.3, 0.4) is 0 Å². The third-order valence-corrected chi connectivity index (χ3v) is 11.3. The van der Waals surface area contributed by atoms with Gasteiger partial charge in [0.05, 0.1) is 31.3 Å². The number of aliphatic hydroxyl groups is 3. The van der Waals surface area contributed by atoms with Crippen LogP contribution in [0.1, 0.15) is 264 Å². The molecule has 53 heavy (non-hydrogen) atoms. The van der Waals surface area contributed by atoms with Crippen LogP contribution in [0.25, 0.3) is 0 Å². The Hall–Kier alpha value is -0.910. The number of aliphatic hydroxyl groups excluding tert-OH is 3. The van der Waals surface area contributed by atoms with Gasteiger partial charge >= 0.3 is 0 Å². The Bertz CT molecular complexity index is 743. The minimum Gasteiger partial charge on any atom is -0.394 e. The van der Waals surface area contributed by atoms with E-state index in [4.69, 9.17) is 0 Å². The normalized spacial score (nSPS) is 13.5. The molecule has 0 fully saturated rings. The van der Waals surface area contributed by atoms with Gasteiger partial charge in [-0.05, 0) is 19.3 Å². The molecule has 0 aliphatic rings. The average Bonchev–Trinajstić information content (AvgIpc) is 3.15. The van der Waals surface area contributed by atoms with E-state index in [-0.39, 0.29) is 18.9 Å². The molecule has 0 aromatic rings. The van der Waals surface area contributed by atoms with Crippen LogP contribution in [-0.2, 0) is 4.79 Å². The van der Waals surface area contributed by atoms with E-state index in [1.54, 1.807) is 6.08 Å². The van der Waals surface area contributed by atoms with E-state index in [1.165, 1.54) is 212 Å². The first-order chi connectivity index (χ1) is 26.0. The van der Waals surface area contributed by atoms with Crippen molar-refractivity contribution in [3.63, 3.8) is 0 Å². The lowest BCUT2D eigenvalue weighted by Crippen LogP contribution is -2.45. The van der Waals surface area contributed by atoms with E-state index >= 15 is 0 Å². The summed E-state index contributed by atoms with van der Waals surface area (Å²) in [5, 5.41) is 33.3. The molecular weight excluding hydrogens is 655 g/mol. The molecule has 3 unspecified atom stereocenters. The highest BCUT2D eigenvalue weighted by Gasteiger charge is 2.20. The van der Waals surface area contributed by atoms with Gasteiger partial charge in [0, 0.05) is 0 Å². The van der Waals surface area contributed by atoms with Crippen molar-refractivity contribution in [2.45, 2.75) is 283 Å². The lowest BCUT2D eigenvalue weighted by Gasteiger charge is -2.21. The molecule has 0 heterocycles. The van der Waals surface area contributed by atoms with Crippen molar-refractivity contribution in [2.75, 3.05) is 6.61 Å². The molecule has 1 amide bonds. The number of hydrogen-bond donors (Lipinski definition) is 4. The first-order valence-electron chi connectivity index (χ1n) is 24.0. The lowest BCUT2D eigenvalue weighted by molar-refractivity contribution is -0.124. The summed E-state index contributed by atoms with van der Waals surface area (Å²) in [7, 11) is 0. The van der Waals surface area contributed by atoms with Gasteiger partial charge in [0.25, 0.3) is 0 Å². The zero-order valence-corrected chi connectivity index (χ0v) is 35.9. The zero-order chi connectivity index (χ0) is 38.7. The third-order valence-electron chi connectivity index (χ3n) is 11.3. The van der Waals surface area contributed by atoms with Crippen LogP contribution < -0.4 is 5.32 Å². The van der Waals surface area contributed by atoms with Gasteiger partial charge in [-0.1, -0.05) is 251 Å². The maximum Gasteiger partial charge on any atom is 0.222 e. The van der Waals surface area contributed by atoms with Crippen LogP contribution in [0.5, 0.6) is 0 Å². The first-order valence-corrected chi connectivity index (χ1v) is 24.0. The van der Waals surface area contributed by atoms with Gasteiger partial charge in [-0.2, -0.15) is 0 Å². The van der Waals surface area contributed by atoms with E-state index in [2.05, 4.69) is 19.2 Å². The molecule has 0 aromatic carbocycles. The zero-order valence-electron chi connectivity index (χ0n) is 35.9. The molecule has 0 saturated heterocycles. The predicted octanol–water partition coefficient (Wildman–Crippen LogP) is 14.0. The molecule has 0 bridgehead atoms. The molecule has 0 aliphatic carbocycles. The van der Waals surface area contributed by atoms with Crippen molar-refractivity contribution < 1.29 is 20.1 Å². The summed E-state index contributed by atoms with van der Waals surface area (Å²) >= 11 is 0. The van der Waals surface area contributed by atoms with Crippen molar-refractivity contribution in [3.05, 3.63) is 12.2 Å². The van der Waals surface area contributed by atoms with Crippen molar-refractivity contribution in [2.24, 2.45) is 0 Å². The second kappa shape index (κ2) is 43.8. The molecule has 316 valence electrons. The maximum atomic E-state index is 12.5. The highest BCUT2D eigenvalue weighted by atomic mass is 16.3. The summed E-state index contributed by atoms with van der Waals surface area (Å²) in [5.41, 5.74) is 0. The third kappa shape index (κ3) is 40.6. The van der Waals surface area contributed by atoms with Crippen molar-refractivity contribution in [1.82, 2.24) is 5.32 Å². The van der Waals surface area contributed by atoms with Gasteiger partial charge in [0.2, 0.25) is 5.91 Å². The highest BCUT2D eigenvalue weighted by molar-refractivity contribution is 5.76. The monoisotopic (exact) mass is 750 g/mol. The Morgan fingerprint density at radius 3 is 1.09 bits per heavy atom. The molecule has 5 nitrogen and oxygen atoms in total. The molecule has 0 saturated carbocycles. The molecule has 0 rings (SSSR count). The fraction of sp³-hybridized carbons (Fsp3) is 0.938.